The Hall–Kier alpha value is -3.18. The number of hydrogen-bond acceptors (Lipinski definition) is 2. The second-order valence-corrected chi connectivity index (χ2v) is 8.09. The lowest BCUT2D eigenvalue weighted by molar-refractivity contribution is -0.624. The summed E-state index contributed by atoms with van der Waals surface area (Å²) in [5.74, 6) is 0. The van der Waals surface area contributed by atoms with E-state index in [1.165, 1.54) is 0 Å². The molecule has 3 aromatic carbocycles. The first kappa shape index (κ1) is 17.2. The molecule has 1 heterocycles. The molecule has 0 fully saturated rings. The van der Waals surface area contributed by atoms with Crippen LogP contribution in [0.25, 0.3) is 22.0 Å². The van der Waals surface area contributed by atoms with Gasteiger partial charge in [0.15, 0.2) is 0 Å². The maximum Gasteiger partial charge on any atom is 0.306 e. The predicted molar refractivity (Wildman–Crippen MR) is 107 cm³/mol. The van der Waals surface area contributed by atoms with Gasteiger partial charge in [-0.1, -0.05) is 63.6 Å². The SMILES string of the molecule is Cc1ccc(S(=O)(=O)N[n+]2cc3ccccc3cc2-c2ccccc2)cc1. The average molecular weight is 375 g/mol. The largest absolute Gasteiger partial charge is 0.306 e. The van der Waals surface area contributed by atoms with Gasteiger partial charge in [0, 0.05) is 17.0 Å². The fourth-order valence-corrected chi connectivity index (χ4v) is 4.00. The molecule has 1 N–H and O–H groups in total. The van der Waals surface area contributed by atoms with Crippen molar-refractivity contribution in [2.24, 2.45) is 0 Å². The fraction of sp³-hybridized carbons (Fsp3) is 0.0455. The van der Waals surface area contributed by atoms with Gasteiger partial charge in [-0.25, -0.2) is 0 Å². The number of aromatic nitrogens is 1. The van der Waals surface area contributed by atoms with Crippen molar-refractivity contribution >= 4 is 20.8 Å². The van der Waals surface area contributed by atoms with Crippen LogP contribution in [0.5, 0.6) is 0 Å². The van der Waals surface area contributed by atoms with Gasteiger partial charge in [0.2, 0.25) is 11.9 Å². The molecule has 134 valence electrons. The monoisotopic (exact) mass is 375 g/mol. The van der Waals surface area contributed by atoms with Crippen LogP contribution in [0.2, 0.25) is 0 Å². The number of nitrogens with one attached hydrogen (secondary N) is 1. The summed E-state index contributed by atoms with van der Waals surface area (Å²) in [5, 5.41) is 1.99. The van der Waals surface area contributed by atoms with E-state index >= 15 is 0 Å². The Morgan fingerprint density at radius 1 is 0.778 bits per heavy atom. The molecule has 0 aliphatic heterocycles. The summed E-state index contributed by atoms with van der Waals surface area (Å²) in [5.41, 5.74) is 2.71. The molecule has 0 spiro atoms. The lowest BCUT2D eigenvalue weighted by Crippen LogP contribution is -2.49. The molecular weight excluding hydrogens is 356 g/mol. The first-order chi connectivity index (χ1) is 13.0. The van der Waals surface area contributed by atoms with Gasteiger partial charge in [0.1, 0.15) is 0 Å². The fourth-order valence-electron chi connectivity index (χ4n) is 2.99. The number of nitrogens with zero attached hydrogens (tertiary/aromatic N) is 1. The summed E-state index contributed by atoms with van der Waals surface area (Å²) in [6.07, 6.45) is 1.81. The summed E-state index contributed by atoms with van der Waals surface area (Å²) in [6, 6.07) is 26.4. The molecule has 0 aliphatic rings. The molecule has 0 amide bonds. The van der Waals surface area contributed by atoms with Crippen molar-refractivity contribution in [3.63, 3.8) is 0 Å². The van der Waals surface area contributed by atoms with E-state index in [0.717, 1.165) is 27.6 Å². The number of hydrogen-bond donors (Lipinski definition) is 1. The Balaban J connectivity index is 1.86. The Kier molecular flexibility index (Phi) is 4.38. The molecule has 0 saturated heterocycles. The van der Waals surface area contributed by atoms with Crippen LogP contribution in [0.4, 0.5) is 0 Å². The molecule has 0 bridgehead atoms. The minimum absolute atomic E-state index is 0.229. The molecule has 0 atom stereocenters. The number of pyridine rings is 1. The van der Waals surface area contributed by atoms with Crippen molar-refractivity contribution in [3.8, 4) is 11.3 Å². The molecule has 4 aromatic rings. The van der Waals surface area contributed by atoms with Gasteiger partial charge in [0.25, 0.3) is 0 Å². The van der Waals surface area contributed by atoms with Crippen LogP contribution in [0, 0.1) is 6.92 Å². The molecule has 1 aromatic heterocycles. The lowest BCUT2D eigenvalue weighted by atomic mass is 10.1. The summed E-state index contributed by atoms with van der Waals surface area (Å²) in [7, 11) is -3.72. The second kappa shape index (κ2) is 6.85. The van der Waals surface area contributed by atoms with Crippen molar-refractivity contribution < 1.29 is 13.1 Å². The van der Waals surface area contributed by atoms with Gasteiger partial charge in [-0.3, -0.25) is 0 Å². The molecule has 4 rings (SSSR count). The van der Waals surface area contributed by atoms with Gasteiger partial charge < -0.3 is 0 Å². The summed E-state index contributed by atoms with van der Waals surface area (Å²) < 4.78 is 27.4. The summed E-state index contributed by atoms with van der Waals surface area (Å²) in [4.78, 5) is 2.93. The van der Waals surface area contributed by atoms with E-state index < -0.39 is 10.0 Å². The third-order valence-corrected chi connectivity index (χ3v) is 5.77. The highest BCUT2D eigenvalue weighted by Gasteiger charge is 2.23. The van der Waals surface area contributed by atoms with Crippen LogP contribution in [0.1, 0.15) is 5.56 Å². The van der Waals surface area contributed by atoms with E-state index in [1.54, 1.807) is 28.9 Å². The Morgan fingerprint density at radius 3 is 2.11 bits per heavy atom. The van der Waals surface area contributed by atoms with E-state index in [1.807, 2.05) is 73.8 Å². The molecular formula is C22H19N2O2S+. The second-order valence-electron chi connectivity index (χ2n) is 6.43. The van der Waals surface area contributed by atoms with Crippen LogP contribution in [-0.4, -0.2) is 8.42 Å². The van der Waals surface area contributed by atoms with E-state index in [0.29, 0.717) is 0 Å². The molecule has 0 aliphatic carbocycles. The standard InChI is InChI=1S/C22H19N2O2S/c1-17-11-13-21(14-12-17)27(25,26)23-24-16-20-10-6-5-9-19(20)15-22(24)18-7-3-2-4-8-18/h2-16,23H,1H3/q+1. The summed E-state index contributed by atoms with van der Waals surface area (Å²) >= 11 is 0. The predicted octanol–water partition coefficient (Wildman–Crippen LogP) is 4.04. The number of benzene rings is 3. The smallest absolute Gasteiger partial charge is 0.197 e. The first-order valence-electron chi connectivity index (χ1n) is 8.62. The highest BCUT2D eigenvalue weighted by Crippen LogP contribution is 2.21. The lowest BCUT2D eigenvalue weighted by Gasteiger charge is -2.08. The Bertz CT molecular complexity index is 1200. The third kappa shape index (κ3) is 3.55. The van der Waals surface area contributed by atoms with Gasteiger partial charge in [0.05, 0.1) is 4.90 Å². The van der Waals surface area contributed by atoms with Crippen molar-refractivity contribution in [1.82, 2.24) is 0 Å². The topological polar surface area (TPSA) is 50.1 Å². The average Bonchev–Trinajstić information content (AvgIpc) is 2.68. The minimum atomic E-state index is -3.72. The van der Waals surface area contributed by atoms with Crippen molar-refractivity contribution in [2.45, 2.75) is 11.8 Å². The molecule has 5 heteroatoms. The van der Waals surface area contributed by atoms with E-state index in [-0.39, 0.29) is 4.90 Å². The normalized spacial score (nSPS) is 11.4. The molecule has 0 radical (unpaired) electrons. The Labute approximate surface area is 158 Å². The minimum Gasteiger partial charge on any atom is -0.197 e. The van der Waals surface area contributed by atoms with E-state index in [2.05, 4.69) is 4.83 Å². The molecule has 4 nitrogen and oxygen atoms in total. The number of rotatable bonds is 4. The van der Waals surface area contributed by atoms with Crippen LogP contribution in [-0.2, 0) is 10.0 Å². The van der Waals surface area contributed by atoms with Gasteiger partial charge in [-0.2, -0.15) is 8.42 Å². The molecule has 0 unspecified atom stereocenters. The maximum atomic E-state index is 12.9. The van der Waals surface area contributed by atoms with Gasteiger partial charge in [-0.15, -0.1) is 0 Å². The van der Waals surface area contributed by atoms with E-state index in [9.17, 15) is 8.42 Å². The summed E-state index contributed by atoms with van der Waals surface area (Å²) in [6.45, 7) is 1.93. The number of fused-ring (bicyclic) bond motifs is 1. The van der Waals surface area contributed by atoms with Crippen molar-refractivity contribution in [1.29, 1.82) is 0 Å². The molecule has 27 heavy (non-hydrogen) atoms. The number of sulfonamides is 1. The zero-order valence-corrected chi connectivity index (χ0v) is 15.6. The maximum absolute atomic E-state index is 12.9. The highest BCUT2D eigenvalue weighted by atomic mass is 32.2. The van der Waals surface area contributed by atoms with Crippen LogP contribution >= 0.6 is 0 Å². The first-order valence-corrected chi connectivity index (χ1v) is 10.1. The van der Waals surface area contributed by atoms with Crippen LogP contribution in [0.3, 0.4) is 0 Å². The van der Waals surface area contributed by atoms with Crippen LogP contribution in [0.15, 0.2) is 96.0 Å². The third-order valence-electron chi connectivity index (χ3n) is 4.44. The zero-order valence-electron chi connectivity index (χ0n) is 14.8. The van der Waals surface area contributed by atoms with E-state index in [4.69, 9.17) is 0 Å². The molecule has 0 saturated carbocycles. The number of aryl methyl sites for hydroxylation is 1. The van der Waals surface area contributed by atoms with Crippen molar-refractivity contribution in [2.75, 3.05) is 4.83 Å². The Morgan fingerprint density at radius 2 is 1.41 bits per heavy atom. The van der Waals surface area contributed by atoms with Crippen LogP contribution < -0.4 is 9.51 Å². The van der Waals surface area contributed by atoms with Gasteiger partial charge >= 0.3 is 10.0 Å². The zero-order chi connectivity index (χ0) is 18.9. The van der Waals surface area contributed by atoms with Crippen molar-refractivity contribution in [3.05, 3.63) is 96.7 Å². The van der Waals surface area contributed by atoms with Gasteiger partial charge in [-0.05, 0) is 42.6 Å². The quantitative estimate of drug-likeness (QED) is 0.548. The highest BCUT2D eigenvalue weighted by molar-refractivity contribution is 7.92.